The third-order valence-corrected chi connectivity index (χ3v) is 2.78. The molecule has 5 nitrogen and oxygen atoms in total. The zero-order valence-electron chi connectivity index (χ0n) is 11.2. The van der Waals surface area contributed by atoms with Crippen LogP contribution in [0.2, 0.25) is 0 Å². The Morgan fingerprint density at radius 3 is 2.63 bits per heavy atom. The third kappa shape index (κ3) is 4.01. The molecule has 0 bridgehead atoms. The number of nitrogens with zero attached hydrogens (tertiary/aromatic N) is 2. The monoisotopic (exact) mass is 268 g/mol. The summed E-state index contributed by atoms with van der Waals surface area (Å²) >= 11 is 0. The molecule has 1 aromatic rings. The van der Waals surface area contributed by atoms with E-state index in [1.165, 1.54) is 11.0 Å². The van der Waals surface area contributed by atoms with Crippen molar-refractivity contribution >= 4 is 11.6 Å². The maximum atomic E-state index is 13.2. The van der Waals surface area contributed by atoms with E-state index in [0.29, 0.717) is 12.5 Å². The van der Waals surface area contributed by atoms with E-state index in [1.807, 2.05) is 13.8 Å². The zero-order valence-corrected chi connectivity index (χ0v) is 11.2. The molecule has 0 aliphatic heterocycles. The Morgan fingerprint density at radius 2 is 2.11 bits per heavy atom. The number of amides is 1. The molecule has 0 aromatic heterocycles. The minimum absolute atomic E-state index is 0.124. The lowest BCUT2D eigenvalue weighted by Gasteiger charge is -2.18. The molecule has 0 atom stereocenters. The lowest BCUT2D eigenvalue weighted by atomic mass is 10.1. The van der Waals surface area contributed by atoms with E-state index in [2.05, 4.69) is 0 Å². The van der Waals surface area contributed by atoms with E-state index in [1.54, 1.807) is 7.05 Å². The molecule has 1 rings (SSSR count). The Balaban J connectivity index is 2.88. The van der Waals surface area contributed by atoms with Gasteiger partial charge in [-0.2, -0.15) is 4.39 Å². The smallest absolute Gasteiger partial charge is 0.305 e. The summed E-state index contributed by atoms with van der Waals surface area (Å²) in [4.78, 5) is 23.3. The van der Waals surface area contributed by atoms with Gasteiger partial charge in [-0.1, -0.05) is 13.8 Å². The topological polar surface area (TPSA) is 63.5 Å². The number of nitro groups is 1. The molecule has 0 saturated heterocycles. The SMILES string of the molecule is CC(C)CCN(C)C(=O)c1ccc(F)c([N+](=O)[O-])c1. The highest BCUT2D eigenvalue weighted by Crippen LogP contribution is 2.19. The van der Waals surface area contributed by atoms with Gasteiger partial charge in [-0.3, -0.25) is 14.9 Å². The van der Waals surface area contributed by atoms with E-state index in [0.717, 1.165) is 18.6 Å². The molecule has 104 valence electrons. The average molecular weight is 268 g/mol. The van der Waals surface area contributed by atoms with Crippen molar-refractivity contribution in [1.29, 1.82) is 0 Å². The number of halogens is 1. The second kappa shape index (κ2) is 6.26. The first kappa shape index (κ1) is 15.1. The van der Waals surface area contributed by atoms with E-state index < -0.39 is 16.4 Å². The Kier molecular flexibility index (Phi) is 4.97. The van der Waals surface area contributed by atoms with Crippen molar-refractivity contribution in [3.05, 3.63) is 39.7 Å². The number of benzene rings is 1. The number of hydrogen-bond donors (Lipinski definition) is 0. The van der Waals surface area contributed by atoms with Gasteiger partial charge in [0.15, 0.2) is 0 Å². The highest BCUT2D eigenvalue weighted by molar-refractivity contribution is 5.94. The van der Waals surface area contributed by atoms with Crippen LogP contribution in [0.25, 0.3) is 0 Å². The predicted octanol–water partition coefficient (Wildman–Crippen LogP) is 2.85. The summed E-state index contributed by atoms with van der Waals surface area (Å²) in [6, 6.07) is 3.18. The van der Waals surface area contributed by atoms with Crippen molar-refractivity contribution in [2.24, 2.45) is 5.92 Å². The van der Waals surface area contributed by atoms with E-state index in [4.69, 9.17) is 0 Å². The molecule has 0 unspecified atom stereocenters. The van der Waals surface area contributed by atoms with Crippen molar-refractivity contribution in [3.8, 4) is 0 Å². The summed E-state index contributed by atoms with van der Waals surface area (Å²) < 4.78 is 13.2. The fourth-order valence-corrected chi connectivity index (χ4v) is 1.56. The maximum Gasteiger partial charge on any atom is 0.305 e. The van der Waals surface area contributed by atoms with Crippen LogP contribution in [0.4, 0.5) is 10.1 Å². The molecule has 0 aliphatic rings. The number of hydrogen-bond acceptors (Lipinski definition) is 3. The van der Waals surface area contributed by atoms with E-state index >= 15 is 0 Å². The lowest BCUT2D eigenvalue weighted by molar-refractivity contribution is -0.387. The van der Waals surface area contributed by atoms with Gasteiger partial charge < -0.3 is 4.90 Å². The van der Waals surface area contributed by atoms with Gasteiger partial charge in [0.1, 0.15) is 0 Å². The second-order valence-electron chi connectivity index (χ2n) is 4.83. The van der Waals surface area contributed by atoms with Gasteiger partial charge in [-0.05, 0) is 24.5 Å². The Bertz CT molecular complexity index is 489. The van der Waals surface area contributed by atoms with Crippen molar-refractivity contribution in [2.75, 3.05) is 13.6 Å². The average Bonchev–Trinajstić information content (AvgIpc) is 2.35. The summed E-state index contributed by atoms with van der Waals surface area (Å²) in [6.45, 7) is 4.64. The van der Waals surface area contributed by atoms with Gasteiger partial charge in [0, 0.05) is 25.2 Å². The van der Waals surface area contributed by atoms with Crippen LogP contribution in [0.1, 0.15) is 30.6 Å². The Morgan fingerprint density at radius 1 is 1.47 bits per heavy atom. The van der Waals surface area contributed by atoms with Crippen LogP contribution in [0.15, 0.2) is 18.2 Å². The molecule has 0 saturated carbocycles. The first-order valence-electron chi connectivity index (χ1n) is 6.02. The fourth-order valence-electron chi connectivity index (χ4n) is 1.56. The highest BCUT2D eigenvalue weighted by Gasteiger charge is 2.19. The van der Waals surface area contributed by atoms with Crippen molar-refractivity contribution in [3.63, 3.8) is 0 Å². The summed E-state index contributed by atoms with van der Waals surface area (Å²) in [5.74, 6) is -0.826. The van der Waals surface area contributed by atoms with Crippen LogP contribution < -0.4 is 0 Å². The number of carbonyl (C=O) groups is 1. The van der Waals surface area contributed by atoms with Gasteiger partial charge in [0.2, 0.25) is 5.82 Å². The van der Waals surface area contributed by atoms with Crippen molar-refractivity contribution < 1.29 is 14.1 Å². The zero-order chi connectivity index (χ0) is 14.6. The predicted molar refractivity (Wildman–Crippen MR) is 69.5 cm³/mol. The van der Waals surface area contributed by atoms with E-state index in [9.17, 15) is 19.3 Å². The van der Waals surface area contributed by atoms with Gasteiger partial charge >= 0.3 is 5.69 Å². The molecule has 0 spiro atoms. The fraction of sp³-hybridized carbons (Fsp3) is 0.462. The number of nitro benzene ring substituents is 1. The molecule has 6 heteroatoms. The van der Waals surface area contributed by atoms with Crippen LogP contribution >= 0.6 is 0 Å². The summed E-state index contributed by atoms with van der Waals surface area (Å²) in [7, 11) is 1.62. The van der Waals surface area contributed by atoms with Gasteiger partial charge in [0.05, 0.1) is 4.92 Å². The van der Waals surface area contributed by atoms with Gasteiger partial charge in [0.25, 0.3) is 5.91 Å². The highest BCUT2D eigenvalue weighted by atomic mass is 19.1. The largest absolute Gasteiger partial charge is 0.342 e. The molecule has 0 heterocycles. The van der Waals surface area contributed by atoms with Gasteiger partial charge in [-0.15, -0.1) is 0 Å². The molecular formula is C13H17FN2O3. The summed E-state index contributed by atoms with van der Waals surface area (Å²) in [5.41, 5.74) is -0.553. The molecule has 0 aliphatic carbocycles. The second-order valence-corrected chi connectivity index (χ2v) is 4.83. The first-order chi connectivity index (χ1) is 8.82. The molecule has 0 fully saturated rings. The Labute approximate surface area is 111 Å². The molecule has 1 amide bonds. The quantitative estimate of drug-likeness (QED) is 0.609. The van der Waals surface area contributed by atoms with Crippen molar-refractivity contribution in [1.82, 2.24) is 4.90 Å². The lowest BCUT2D eigenvalue weighted by Crippen LogP contribution is -2.28. The molecule has 0 N–H and O–H groups in total. The number of carbonyl (C=O) groups excluding carboxylic acids is 1. The van der Waals surface area contributed by atoms with Crippen LogP contribution in [-0.2, 0) is 0 Å². The number of rotatable bonds is 5. The van der Waals surface area contributed by atoms with Crippen LogP contribution in [0.3, 0.4) is 0 Å². The molecular weight excluding hydrogens is 251 g/mol. The summed E-state index contributed by atoms with van der Waals surface area (Å²) in [5, 5.41) is 10.6. The Hall–Kier alpha value is -1.98. The first-order valence-corrected chi connectivity index (χ1v) is 6.02. The van der Waals surface area contributed by atoms with Gasteiger partial charge in [-0.25, -0.2) is 0 Å². The van der Waals surface area contributed by atoms with Crippen LogP contribution in [0, 0.1) is 21.8 Å². The van der Waals surface area contributed by atoms with Crippen molar-refractivity contribution in [2.45, 2.75) is 20.3 Å². The molecule has 0 radical (unpaired) electrons. The van der Waals surface area contributed by atoms with Crippen LogP contribution in [-0.4, -0.2) is 29.3 Å². The standard InChI is InChI=1S/C13H17FN2O3/c1-9(2)6-7-15(3)13(17)10-4-5-11(14)12(8-10)16(18)19/h4-5,8-9H,6-7H2,1-3H3. The minimum atomic E-state index is -0.939. The molecule has 19 heavy (non-hydrogen) atoms. The van der Waals surface area contributed by atoms with Crippen LogP contribution in [0.5, 0.6) is 0 Å². The minimum Gasteiger partial charge on any atom is -0.342 e. The van der Waals surface area contributed by atoms with E-state index in [-0.39, 0.29) is 11.5 Å². The normalized spacial score (nSPS) is 10.6. The summed E-state index contributed by atoms with van der Waals surface area (Å²) in [6.07, 6.45) is 0.839. The third-order valence-electron chi connectivity index (χ3n) is 2.78. The molecule has 1 aromatic carbocycles. The maximum absolute atomic E-state index is 13.2.